The van der Waals surface area contributed by atoms with Gasteiger partial charge in [-0.1, -0.05) is 29.3 Å². The Morgan fingerprint density at radius 3 is 2.48 bits per heavy atom. The van der Waals surface area contributed by atoms with Crippen molar-refractivity contribution in [3.63, 3.8) is 0 Å². The van der Waals surface area contributed by atoms with E-state index >= 15 is 0 Å². The average Bonchev–Trinajstić information content (AvgIpc) is 3.25. The lowest BCUT2D eigenvalue weighted by Gasteiger charge is -2.23. The molecule has 21 heavy (non-hydrogen) atoms. The van der Waals surface area contributed by atoms with Gasteiger partial charge in [0.05, 0.1) is 0 Å². The molecule has 0 unspecified atom stereocenters. The Balaban J connectivity index is 2.06. The summed E-state index contributed by atoms with van der Waals surface area (Å²) in [6.45, 7) is 6.21. The number of hydrogen-bond acceptors (Lipinski definition) is 3. The Morgan fingerprint density at radius 1 is 1.14 bits per heavy atom. The van der Waals surface area contributed by atoms with Gasteiger partial charge in [-0.05, 0) is 45.2 Å². The molecule has 0 aliphatic heterocycles. The van der Waals surface area contributed by atoms with Gasteiger partial charge in [0.25, 0.3) is 0 Å². The third kappa shape index (κ3) is 2.75. The summed E-state index contributed by atoms with van der Waals surface area (Å²) in [5, 5.41) is 0.568. The lowest BCUT2D eigenvalue weighted by Crippen LogP contribution is -2.16. The molecule has 1 aromatic heterocycles. The van der Waals surface area contributed by atoms with E-state index in [1.54, 1.807) is 0 Å². The van der Waals surface area contributed by atoms with Crippen molar-refractivity contribution in [3.8, 4) is 0 Å². The summed E-state index contributed by atoms with van der Waals surface area (Å²) in [6, 6.07) is 6.45. The van der Waals surface area contributed by atoms with Gasteiger partial charge in [0, 0.05) is 24.2 Å². The summed E-state index contributed by atoms with van der Waals surface area (Å²) < 4.78 is 0. The summed E-state index contributed by atoms with van der Waals surface area (Å²) in [4.78, 5) is 11.3. The van der Waals surface area contributed by atoms with E-state index in [-0.39, 0.29) is 0 Å². The zero-order chi connectivity index (χ0) is 15.1. The predicted octanol–water partition coefficient (Wildman–Crippen LogP) is 4.70. The molecule has 3 rings (SSSR count). The number of anilines is 2. The first-order valence-corrected chi connectivity index (χ1v) is 7.70. The van der Waals surface area contributed by atoms with Crippen LogP contribution < -0.4 is 4.90 Å². The molecular weight excluding hydrogens is 282 g/mol. The molecule has 4 heteroatoms. The second-order valence-electron chi connectivity index (χ2n) is 5.94. The Kier molecular flexibility index (Phi) is 3.62. The van der Waals surface area contributed by atoms with Crippen molar-refractivity contribution in [1.82, 2.24) is 9.97 Å². The number of hydrogen-bond donors (Lipinski definition) is 0. The van der Waals surface area contributed by atoms with E-state index in [2.05, 4.69) is 41.9 Å². The minimum absolute atomic E-state index is 0.495. The molecule has 0 amide bonds. The van der Waals surface area contributed by atoms with Crippen LogP contribution in [-0.4, -0.2) is 17.0 Å². The Hall–Kier alpha value is -1.61. The van der Waals surface area contributed by atoms with Gasteiger partial charge >= 0.3 is 0 Å². The molecule has 0 radical (unpaired) electrons. The van der Waals surface area contributed by atoms with Crippen molar-refractivity contribution in [2.45, 2.75) is 39.5 Å². The fourth-order valence-electron chi connectivity index (χ4n) is 2.64. The largest absolute Gasteiger partial charge is 0.329 e. The zero-order valence-electron chi connectivity index (χ0n) is 12.9. The van der Waals surface area contributed by atoms with E-state index in [0.29, 0.717) is 11.1 Å². The van der Waals surface area contributed by atoms with Gasteiger partial charge in [0.1, 0.15) is 16.8 Å². The number of aromatic nitrogens is 2. The monoisotopic (exact) mass is 301 g/mol. The van der Waals surface area contributed by atoms with Crippen molar-refractivity contribution in [3.05, 3.63) is 45.9 Å². The van der Waals surface area contributed by atoms with Crippen LogP contribution >= 0.6 is 11.6 Å². The Labute approximate surface area is 131 Å². The van der Waals surface area contributed by atoms with Crippen LogP contribution in [0, 0.1) is 20.8 Å². The van der Waals surface area contributed by atoms with Gasteiger partial charge in [0.2, 0.25) is 0 Å². The van der Waals surface area contributed by atoms with Gasteiger partial charge in [0.15, 0.2) is 0 Å². The smallest absolute Gasteiger partial charge is 0.140 e. The van der Waals surface area contributed by atoms with Crippen LogP contribution in [0.15, 0.2) is 18.2 Å². The molecule has 110 valence electrons. The number of aryl methyl sites for hydroxylation is 2. The molecule has 1 heterocycles. The van der Waals surface area contributed by atoms with Crippen molar-refractivity contribution >= 4 is 23.1 Å². The highest BCUT2D eigenvalue weighted by Gasteiger charge is 2.28. The van der Waals surface area contributed by atoms with Crippen LogP contribution in [0.3, 0.4) is 0 Å². The molecule has 0 atom stereocenters. The first-order chi connectivity index (χ1) is 9.97. The second kappa shape index (κ2) is 5.30. The lowest BCUT2D eigenvalue weighted by atomic mass is 10.1. The molecule has 0 bridgehead atoms. The van der Waals surface area contributed by atoms with E-state index in [1.165, 1.54) is 24.0 Å². The minimum atomic E-state index is 0.495. The van der Waals surface area contributed by atoms with Crippen LogP contribution in [0.1, 0.15) is 41.3 Å². The topological polar surface area (TPSA) is 29.0 Å². The summed E-state index contributed by atoms with van der Waals surface area (Å²) >= 11 is 6.31. The van der Waals surface area contributed by atoms with Crippen LogP contribution in [0.5, 0.6) is 0 Å². The van der Waals surface area contributed by atoms with Crippen molar-refractivity contribution in [2.75, 3.05) is 11.9 Å². The van der Waals surface area contributed by atoms with Gasteiger partial charge in [-0.3, -0.25) is 0 Å². The third-order valence-corrected chi connectivity index (χ3v) is 4.42. The molecule has 1 aliphatic rings. The summed E-state index contributed by atoms with van der Waals surface area (Å²) in [5.74, 6) is 2.29. The van der Waals surface area contributed by atoms with Crippen molar-refractivity contribution < 1.29 is 0 Å². The van der Waals surface area contributed by atoms with E-state index in [9.17, 15) is 0 Å². The molecule has 1 fully saturated rings. The van der Waals surface area contributed by atoms with E-state index in [1.807, 2.05) is 14.0 Å². The maximum Gasteiger partial charge on any atom is 0.140 e. The predicted molar refractivity (Wildman–Crippen MR) is 87.7 cm³/mol. The van der Waals surface area contributed by atoms with Crippen LogP contribution in [0.4, 0.5) is 11.5 Å². The van der Waals surface area contributed by atoms with Crippen LogP contribution in [0.2, 0.25) is 5.15 Å². The molecule has 1 saturated carbocycles. The van der Waals surface area contributed by atoms with Gasteiger partial charge in [-0.25, -0.2) is 9.97 Å². The van der Waals surface area contributed by atoms with Crippen LogP contribution in [-0.2, 0) is 0 Å². The van der Waals surface area contributed by atoms with Gasteiger partial charge < -0.3 is 4.90 Å². The van der Waals surface area contributed by atoms with E-state index in [0.717, 1.165) is 22.9 Å². The highest BCUT2D eigenvalue weighted by Crippen LogP contribution is 2.40. The molecule has 0 saturated heterocycles. The summed E-state index contributed by atoms with van der Waals surface area (Å²) in [6.07, 6.45) is 2.35. The van der Waals surface area contributed by atoms with Gasteiger partial charge in [-0.2, -0.15) is 0 Å². The molecule has 2 aromatic rings. The quantitative estimate of drug-likeness (QED) is 0.769. The third-order valence-electron chi connectivity index (χ3n) is 4.05. The number of halogens is 1. The Morgan fingerprint density at radius 2 is 1.86 bits per heavy atom. The fourth-order valence-corrected chi connectivity index (χ4v) is 2.81. The SMILES string of the molecule is Cc1ccc(N(C)c2nc(C3CC3)nc(Cl)c2C)c(C)c1. The number of rotatable bonds is 3. The maximum absolute atomic E-state index is 6.31. The van der Waals surface area contributed by atoms with Gasteiger partial charge in [-0.15, -0.1) is 0 Å². The highest BCUT2D eigenvalue weighted by molar-refractivity contribution is 6.30. The molecule has 3 nitrogen and oxygen atoms in total. The highest BCUT2D eigenvalue weighted by atomic mass is 35.5. The standard InChI is InChI=1S/C17H20ClN3/c1-10-5-8-14(11(2)9-10)21(4)17-12(3)15(18)19-16(20-17)13-6-7-13/h5,8-9,13H,6-7H2,1-4H3. The molecule has 0 N–H and O–H groups in total. The lowest BCUT2D eigenvalue weighted by molar-refractivity contribution is 0.903. The molecular formula is C17H20ClN3. The van der Waals surface area contributed by atoms with E-state index in [4.69, 9.17) is 16.6 Å². The molecule has 1 aliphatic carbocycles. The summed E-state index contributed by atoms with van der Waals surface area (Å²) in [5.41, 5.74) is 4.59. The average molecular weight is 302 g/mol. The second-order valence-corrected chi connectivity index (χ2v) is 6.30. The zero-order valence-corrected chi connectivity index (χ0v) is 13.7. The first-order valence-electron chi connectivity index (χ1n) is 7.32. The fraction of sp³-hybridized carbons (Fsp3) is 0.412. The first kappa shape index (κ1) is 14.3. The van der Waals surface area contributed by atoms with E-state index < -0.39 is 0 Å². The molecule has 0 spiro atoms. The maximum atomic E-state index is 6.31. The number of nitrogens with zero attached hydrogens (tertiary/aromatic N) is 3. The minimum Gasteiger partial charge on any atom is -0.329 e. The molecule has 1 aromatic carbocycles. The Bertz CT molecular complexity index is 693. The number of benzene rings is 1. The summed E-state index contributed by atoms with van der Waals surface area (Å²) in [7, 11) is 2.04. The van der Waals surface area contributed by atoms with Crippen LogP contribution in [0.25, 0.3) is 0 Å². The van der Waals surface area contributed by atoms with Crippen molar-refractivity contribution in [2.24, 2.45) is 0 Å². The normalized spacial score (nSPS) is 14.3. The van der Waals surface area contributed by atoms with Crippen molar-refractivity contribution in [1.29, 1.82) is 0 Å².